The Kier molecular flexibility index (Phi) is 3.46. The Labute approximate surface area is 92.6 Å². The summed E-state index contributed by atoms with van der Waals surface area (Å²) in [5.41, 5.74) is -1.10. The molecule has 0 bridgehead atoms. The van der Waals surface area contributed by atoms with Gasteiger partial charge in [0.25, 0.3) is 0 Å². The Morgan fingerprint density at radius 1 is 1.67 bits per heavy atom. The summed E-state index contributed by atoms with van der Waals surface area (Å²) in [6, 6.07) is 0. The second-order valence-electron chi connectivity index (χ2n) is 4.09. The van der Waals surface area contributed by atoms with E-state index in [4.69, 9.17) is 5.11 Å². The summed E-state index contributed by atoms with van der Waals surface area (Å²) in [6.45, 7) is 5.33. The van der Waals surface area contributed by atoms with Crippen molar-refractivity contribution in [3.8, 4) is 0 Å². The number of hydrogen-bond acceptors (Lipinski definition) is 4. The fourth-order valence-electron chi connectivity index (χ4n) is 1.10. The molecule has 1 aromatic heterocycles. The molecule has 4 nitrogen and oxygen atoms in total. The van der Waals surface area contributed by atoms with E-state index in [1.165, 1.54) is 18.3 Å². The van der Waals surface area contributed by atoms with Gasteiger partial charge < -0.3 is 10.2 Å². The Balaban J connectivity index is 2.77. The predicted octanol–water partition coefficient (Wildman–Crippen LogP) is 1.64. The maximum absolute atomic E-state index is 10.7. The van der Waals surface area contributed by atoms with Crippen LogP contribution >= 0.6 is 11.3 Å². The number of carboxylic acids is 1. The molecular weight excluding hydrogens is 214 g/mol. The van der Waals surface area contributed by atoms with Gasteiger partial charge in [-0.2, -0.15) is 0 Å². The Hall–Kier alpha value is -0.940. The van der Waals surface area contributed by atoms with Crippen LogP contribution in [-0.2, 0) is 11.2 Å². The van der Waals surface area contributed by atoms with Crippen molar-refractivity contribution in [1.82, 2.24) is 4.98 Å². The van der Waals surface area contributed by atoms with Crippen LogP contribution in [0.15, 0.2) is 5.38 Å². The maximum atomic E-state index is 10.7. The molecule has 0 saturated heterocycles. The summed E-state index contributed by atoms with van der Waals surface area (Å²) in [6.07, 6.45) is 0.0472. The van der Waals surface area contributed by atoms with Crippen LogP contribution in [-0.4, -0.2) is 26.8 Å². The van der Waals surface area contributed by atoms with Gasteiger partial charge in [0.2, 0.25) is 0 Å². The number of aliphatic hydroxyl groups is 1. The van der Waals surface area contributed by atoms with Crippen LogP contribution in [0.5, 0.6) is 0 Å². The number of carboxylic acid groups (broad SMARTS) is 1. The average Bonchev–Trinajstić information content (AvgIpc) is 2.51. The molecule has 0 radical (unpaired) electrons. The van der Waals surface area contributed by atoms with E-state index in [-0.39, 0.29) is 6.42 Å². The lowest BCUT2D eigenvalue weighted by molar-refractivity contribution is -0.156. The standard InChI is InChI=1S/C10H15NO3S/c1-6(2)8-11-7(5-15-8)4-10(3,14)9(12)13/h5-6,14H,4H2,1-3H3,(H,12,13). The van der Waals surface area contributed by atoms with E-state index in [1.807, 2.05) is 13.8 Å². The van der Waals surface area contributed by atoms with Crippen LogP contribution in [0.4, 0.5) is 0 Å². The molecule has 15 heavy (non-hydrogen) atoms. The van der Waals surface area contributed by atoms with Crippen molar-refractivity contribution in [1.29, 1.82) is 0 Å². The summed E-state index contributed by atoms with van der Waals surface area (Å²) in [5, 5.41) is 21.1. The monoisotopic (exact) mass is 229 g/mol. The molecule has 0 amide bonds. The smallest absolute Gasteiger partial charge is 0.335 e. The van der Waals surface area contributed by atoms with Gasteiger partial charge in [-0.05, 0) is 6.92 Å². The van der Waals surface area contributed by atoms with Crippen LogP contribution in [0.25, 0.3) is 0 Å². The van der Waals surface area contributed by atoms with Gasteiger partial charge >= 0.3 is 5.97 Å². The third-order valence-electron chi connectivity index (χ3n) is 2.05. The summed E-state index contributed by atoms with van der Waals surface area (Å²) < 4.78 is 0. The lowest BCUT2D eigenvalue weighted by atomic mass is 10.0. The highest BCUT2D eigenvalue weighted by Crippen LogP contribution is 2.21. The fraction of sp³-hybridized carbons (Fsp3) is 0.600. The number of nitrogens with zero attached hydrogens (tertiary/aromatic N) is 1. The topological polar surface area (TPSA) is 70.4 Å². The van der Waals surface area contributed by atoms with Crippen LogP contribution in [0.1, 0.15) is 37.4 Å². The highest BCUT2D eigenvalue weighted by molar-refractivity contribution is 7.09. The van der Waals surface area contributed by atoms with Gasteiger partial charge in [0.1, 0.15) is 0 Å². The number of aromatic nitrogens is 1. The van der Waals surface area contributed by atoms with E-state index in [1.54, 1.807) is 5.38 Å². The normalized spacial score (nSPS) is 15.3. The molecule has 0 fully saturated rings. The van der Waals surface area contributed by atoms with Crippen molar-refractivity contribution in [2.45, 2.75) is 38.7 Å². The second kappa shape index (κ2) is 4.28. The minimum atomic E-state index is -1.73. The molecule has 84 valence electrons. The molecule has 1 heterocycles. The zero-order valence-electron chi connectivity index (χ0n) is 9.02. The van der Waals surface area contributed by atoms with Gasteiger partial charge in [0.15, 0.2) is 5.60 Å². The summed E-state index contributed by atoms with van der Waals surface area (Å²) in [4.78, 5) is 15.0. The van der Waals surface area contributed by atoms with E-state index in [2.05, 4.69) is 4.98 Å². The van der Waals surface area contributed by atoms with Crippen LogP contribution < -0.4 is 0 Å². The first kappa shape index (κ1) is 12.1. The second-order valence-corrected chi connectivity index (χ2v) is 4.98. The third kappa shape index (κ3) is 3.00. The molecule has 1 aromatic rings. The first-order valence-electron chi connectivity index (χ1n) is 4.73. The number of thiazole rings is 1. The van der Waals surface area contributed by atoms with E-state index in [0.29, 0.717) is 11.6 Å². The average molecular weight is 229 g/mol. The molecule has 1 atom stereocenters. The highest BCUT2D eigenvalue weighted by Gasteiger charge is 2.31. The summed E-state index contributed by atoms with van der Waals surface area (Å²) >= 11 is 1.49. The maximum Gasteiger partial charge on any atom is 0.335 e. The van der Waals surface area contributed by atoms with Gasteiger partial charge in [0.05, 0.1) is 10.7 Å². The minimum Gasteiger partial charge on any atom is -0.479 e. The molecule has 1 rings (SSSR count). The Morgan fingerprint density at radius 2 is 2.27 bits per heavy atom. The first-order valence-corrected chi connectivity index (χ1v) is 5.61. The summed E-state index contributed by atoms with van der Waals surface area (Å²) in [5.74, 6) is -0.889. The Morgan fingerprint density at radius 3 is 2.67 bits per heavy atom. The molecule has 0 aromatic carbocycles. The van der Waals surface area contributed by atoms with Gasteiger partial charge in [0, 0.05) is 17.7 Å². The van der Waals surface area contributed by atoms with Crippen molar-refractivity contribution in [3.05, 3.63) is 16.1 Å². The molecule has 0 aliphatic rings. The molecule has 2 N–H and O–H groups in total. The summed E-state index contributed by atoms with van der Waals surface area (Å²) in [7, 11) is 0. The van der Waals surface area contributed by atoms with Gasteiger partial charge in [-0.15, -0.1) is 11.3 Å². The van der Waals surface area contributed by atoms with Crippen LogP contribution in [0, 0.1) is 0 Å². The number of aliphatic carboxylic acids is 1. The van der Waals surface area contributed by atoms with E-state index >= 15 is 0 Å². The molecule has 1 unspecified atom stereocenters. The first-order chi connectivity index (χ1) is 6.83. The van der Waals surface area contributed by atoms with Crippen molar-refractivity contribution in [3.63, 3.8) is 0 Å². The molecule has 0 spiro atoms. The lowest BCUT2D eigenvalue weighted by Gasteiger charge is -2.15. The van der Waals surface area contributed by atoms with Gasteiger partial charge in [-0.3, -0.25) is 0 Å². The van der Waals surface area contributed by atoms with Crippen molar-refractivity contribution < 1.29 is 15.0 Å². The predicted molar refractivity (Wildman–Crippen MR) is 58.2 cm³/mol. The molecule has 0 aliphatic heterocycles. The highest BCUT2D eigenvalue weighted by atomic mass is 32.1. The molecule has 5 heteroatoms. The van der Waals surface area contributed by atoms with E-state index in [9.17, 15) is 9.90 Å². The van der Waals surface area contributed by atoms with Gasteiger partial charge in [-0.1, -0.05) is 13.8 Å². The zero-order chi connectivity index (χ0) is 11.6. The van der Waals surface area contributed by atoms with Crippen molar-refractivity contribution in [2.24, 2.45) is 0 Å². The van der Waals surface area contributed by atoms with Crippen molar-refractivity contribution >= 4 is 17.3 Å². The number of hydrogen-bond donors (Lipinski definition) is 2. The number of carbonyl (C=O) groups is 1. The minimum absolute atomic E-state index is 0.0472. The van der Waals surface area contributed by atoms with Crippen LogP contribution in [0.3, 0.4) is 0 Å². The largest absolute Gasteiger partial charge is 0.479 e. The van der Waals surface area contributed by atoms with E-state index in [0.717, 1.165) is 5.01 Å². The molecule has 0 aliphatic carbocycles. The van der Waals surface area contributed by atoms with Gasteiger partial charge in [-0.25, -0.2) is 9.78 Å². The molecule has 0 saturated carbocycles. The third-order valence-corrected chi connectivity index (χ3v) is 3.24. The molecular formula is C10H15NO3S. The Bertz CT molecular complexity index is 357. The zero-order valence-corrected chi connectivity index (χ0v) is 9.84. The quantitative estimate of drug-likeness (QED) is 0.823. The lowest BCUT2D eigenvalue weighted by Crippen LogP contribution is -2.37. The van der Waals surface area contributed by atoms with Crippen molar-refractivity contribution in [2.75, 3.05) is 0 Å². The fourth-order valence-corrected chi connectivity index (χ4v) is 1.93. The SMILES string of the molecule is CC(C)c1nc(CC(C)(O)C(=O)O)cs1. The van der Waals surface area contributed by atoms with E-state index < -0.39 is 11.6 Å². The van der Waals surface area contributed by atoms with Crippen LogP contribution in [0.2, 0.25) is 0 Å². The number of rotatable bonds is 4.